The standard InChI is InChI=1S/C9H12NO4P/c1-15(13,14)10-8(9(11)12)7-5-3-2-4-6-7/h2-6,8H,1H3,(H,11,12)(H2,10,13,14). The molecule has 0 aliphatic heterocycles. The topological polar surface area (TPSA) is 86.6 Å². The maximum atomic E-state index is 11.1. The Labute approximate surface area is 87.3 Å². The minimum Gasteiger partial charge on any atom is -0.480 e. The van der Waals surface area contributed by atoms with E-state index in [1.165, 1.54) is 0 Å². The Morgan fingerprint density at radius 3 is 2.33 bits per heavy atom. The van der Waals surface area contributed by atoms with Gasteiger partial charge in [0.2, 0.25) is 0 Å². The molecule has 0 fully saturated rings. The summed E-state index contributed by atoms with van der Waals surface area (Å²) >= 11 is 0. The molecule has 0 amide bonds. The van der Waals surface area contributed by atoms with Crippen LogP contribution < -0.4 is 5.09 Å². The van der Waals surface area contributed by atoms with Gasteiger partial charge in [-0.25, -0.2) is 5.09 Å². The number of hydrogen-bond donors (Lipinski definition) is 3. The average molecular weight is 229 g/mol. The van der Waals surface area contributed by atoms with Crippen LogP contribution >= 0.6 is 7.52 Å². The lowest BCUT2D eigenvalue weighted by molar-refractivity contribution is -0.139. The van der Waals surface area contributed by atoms with Crippen LogP contribution in [0.5, 0.6) is 0 Å². The van der Waals surface area contributed by atoms with Crippen molar-refractivity contribution in [1.29, 1.82) is 0 Å². The van der Waals surface area contributed by atoms with Gasteiger partial charge in [0.1, 0.15) is 6.04 Å². The smallest absolute Gasteiger partial charge is 0.325 e. The fraction of sp³-hybridized carbons (Fsp3) is 0.222. The molecule has 0 bridgehead atoms. The first-order chi connectivity index (χ1) is 6.90. The van der Waals surface area contributed by atoms with Crippen LogP contribution in [-0.2, 0) is 9.36 Å². The molecule has 5 nitrogen and oxygen atoms in total. The third-order valence-electron chi connectivity index (χ3n) is 1.75. The quantitative estimate of drug-likeness (QED) is 0.675. The van der Waals surface area contributed by atoms with E-state index in [4.69, 9.17) is 10.00 Å². The molecule has 0 heterocycles. The molecule has 6 heteroatoms. The molecule has 3 N–H and O–H groups in total. The van der Waals surface area contributed by atoms with Crippen LogP contribution in [0.25, 0.3) is 0 Å². The van der Waals surface area contributed by atoms with Crippen LogP contribution in [-0.4, -0.2) is 22.6 Å². The monoisotopic (exact) mass is 229 g/mol. The molecule has 2 unspecified atom stereocenters. The summed E-state index contributed by atoms with van der Waals surface area (Å²) in [6, 6.07) is 7.10. The third kappa shape index (κ3) is 3.83. The number of carbonyl (C=O) groups is 1. The highest BCUT2D eigenvalue weighted by Crippen LogP contribution is 2.33. The van der Waals surface area contributed by atoms with Gasteiger partial charge < -0.3 is 10.00 Å². The molecule has 1 aromatic carbocycles. The Morgan fingerprint density at radius 2 is 1.93 bits per heavy atom. The van der Waals surface area contributed by atoms with Crippen LogP contribution in [0.1, 0.15) is 11.6 Å². The van der Waals surface area contributed by atoms with Crippen molar-refractivity contribution in [2.45, 2.75) is 6.04 Å². The summed E-state index contributed by atoms with van der Waals surface area (Å²) in [6.07, 6.45) is 0. The molecule has 2 atom stereocenters. The Kier molecular flexibility index (Phi) is 3.63. The summed E-state index contributed by atoms with van der Waals surface area (Å²) in [5, 5.41) is 11.1. The molecule has 0 radical (unpaired) electrons. The highest BCUT2D eigenvalue weighted by molar-refractivity contribution is 7.55. The number of aliphatic carboxylic acids is 1. The number of nitrogens with one attached hydrogen (secondary N) is 1. The molecule has 0 aliphatic carbocycles. The highest BCUT2D eigenvalue weighted by Gasteiger charge is 2.25. The average Bonchev–Trinajstić information content (AvgIpc) is 2.14. The highest BCUT2D eigenvalue weighted by atomic mass is 31.2. The number of carboxylic acids is 1. The third-order valence-corrected chi connectivity index (χ3v) is 2.49. The Bertz CT molecular complexity index is 386. The maximum absolute atomic E-state index is 11.1. The van der Waals surface area contributed by atoms with Crippen molar-refractivity contribution in [3.8, 4) is 0 Å². The van der Waals surface area contributed by atoms with Crippen molar-refractivity contribution >= 4 is 13.5 Å². The van der Waals surface area contributed by atoms with Crippen molar-refractivity contribution in [2.75, 3.05) is 6.66 Å². The van der Waals surface area contributed by atoms with Gasteiger partial charge in [-0.15, -0.1) is 0 Å². The molecule has 1 rings (SSSR count). The molecular formula is C9H12NO4P. The molecule has 15 heavy (non-hydrogen) atoms. The molecule has 0 spiro atoms. The maximum Gasteiger partial charge on any atom is 0.325 e. The minimum absolute atomic E-state index is 0.445. The first kappa shape index (κ1) is 11.9. The van der Waals surface area contributed by atoms with E-state index in [1.807, 2.05) is 0 Å². The lowest BCUT2D eigenvalue weighted by Crippen LogP contribution is -2.25. The summed E-state index contributed by atoms with van der Waals surface area (Å²) in [7, 11) is -3.57. The van der Waals surface area contributed by atoms with Gasteiger partial charge in [0.05, 0.1) is 0 Å². The van der Waals surface area contributed by atoms with Crippen molar-refractivity contribution in [3.63, 3.8) is 0 Å². The van der Waals surface area contributed by atoms with E-state index in [9.17, 15) is 9.36 Å². The molecular weight excluding hydrogens is 217 g/mol. The van der Waals surface area contributed by atoms with Gasteiger partial charge in [0.25, 0.3) is 7.52 Å². The van der Waals surface area contributed by atoms with Gasteiger partial charge in [-0.05, 0) is 5.56 Å². The van der Waals surface area contributed by atoms with E-state index in [2.05, 4.69) is 5.09 Å². The molecule has 0 saturated carbocycles. The predicted octanol–water partition coefficient (Wildman–Crippen LogP) is 1.22. The molecule has 0 saturated heterocycles. The van der Waals surface area contributed by atoms with Crippen LogP contribution in [0.15, 0.2) is 30.3 Å². The Morgan fingerprint density at radius 1 is 1.40 bits per heavy atom. The second-order valence-corrected chi connectivity index (χ2v) is 5.21. The first-order valence-corrected chi connectivity index (χ1v) is 6.36. The van der Waals surface area contributed by atoms with Crippen LogP contribution in [0, 0.1) is 0 Å². The van der Waals surface area contributed by atoms with Gasteiger partial charge in [-0.2, -0.15) is 0 Å². The summed E-state index contributed by atoms with van der Waals surface area (Å²) < 4.78 is 11.1. The van der Waals surface area contributed by atoms with Crippen LogP contribution in [0.4, 0.5) is 0 Å². The zero-order valence-electron chi connectivity index (χ0n) is 8.12. The number of hydrogen-bond acceptors (Lipinski definition) is 2. The van der Waals surface area contributed by atoms with E-state index in [-0.39, 0.29) is 0 Å². The van der Waals surface area contributed by atoms with E-state index in [0.29, 0.717) is 5.56 Å². The van der Waals surface area contributed by atoms with E-state index >= 15 is 0 Å². The van der Waals surface area contributed by atoms with Crippen LogP contribution in [0.2, 0.25) is 0 Å². The van der Waals surface area contributed by atoms with Crippen molar-refractivity contribution < 1.29 is 19.4 Å². The van der Waals surface area contributed by atoms with Gasteiger partial charge in [0.15, 0.2) is 0 Å². The van der Waals surface area contributed by atoms with Crippen molar-refractivity contribution in [1.82, 2.24) is 5.09 Å². The van der Waals surface area contributed by atoms with E-state index < -0.39 is 19.5 Å². The van der Waals surface area contributed by atoms with Gasteiger partial charge in [0, 0.05) is 6.66 Å². The minimum atomic E-state index is -3.57. The fourth-order valence-electron chi connectivity index (χ4n) is 1.16. The number of carboxylic acid groups (broad SMARTS) is 1. The predicted molar refractivity (Wildman–Crippen MR) is 55.7 cm³/mol. The largest absolute Gasteiger partial charge is 0.480 e. The number of rotatable bonds is 4. The van der Waals surface area contributed by atoms with E-state index in [0.717, 1.165) is 6.66 Å². The summed E-state index contributed by atoms with van der Waals surface area (Å²) in [5.74, 6) is -1.18. The zero-order chi connectivity index (χ0) is 11.5. The number of benzene rings is 1. The molecule has 82 valence electrons. The van der Waals surface area contributed by atoms with Gasteiger partial charge >= 0.3 is 5.97 Å². The second-order valence-electron chi connectivity index (χ2n) is 3.19. The van der Waals surface area contributed by atoms with E-state index in [1.54, 1.807) is 30.3 Å². The van der Waals surface area contributed by atoms with Crippen LogP contribution in [0.3, 0.4) is 0 Å². The SMILES string of the molecule is CP(=O)(O)NC(C(=O)O)c1ccccc1. The van der Waals surface area contributed by atoms with Crippen molar-refractivity contribution in [2.24, 2.45) is 0 Å². The molecule has 0 aromatic heterocycles. The summed E-state index contributed by atoms with van der Waals surface area (Å²) in [6.45, 7) is 1.06. The summed E-state index contributed by atoms with van der Waals surface area (Å²) in [5.41, 5.74) is 0.445. The molecule has 0 aliphatic rings. The Hall–Kier alpha value is -1.16. The fourth-order valence-corrected chi connectivity index (χ4v) is 1.90. The second kappa shape index (κ2) is 4.57. The Balaban J connectivity index is 2.95. The van der Waals surface area contributed by atoms with Gasteiger partial charge in [-0.1, -0.05) is 30.3 Å². The molecule has 1 aromatic rings. The van der Waals surface area contributed by atoms with Gasteiger partial charge in [-0.3, -0.25) is 9.36 Å². The normalized spacial score (nSPS) is 16.7. The first-order valence-electron chi connectivity index (χ1n) is 4.26. The summed E-state index contributed by atoms with van der Waals surface area (Å²) in [4.78, 5) is 20.0. The van der Waals surface area contributed by atoms with Crippen molar-refractivity contribution in [3.05, 3.63) is 35.9 Å². The lowest BCUT2D eigenvalue weighted by atomic mass is 10.1. The lowest BCUT2D eigenvalue weighted by Gasteiger charge is -2.16. The zero-order valence-corrected chi connectivity index (χ0v) is 9.02.